The Morgan fingerprint density at radius 1 is 1.38 bits per heavy atom. The molecule has 1 aromatic rings. The first kappa shape index (κ1) is 18.2. The van der Waals surface area contributed by atoms with Gasteiger partial charge in [-0.25, -0.2) is 9.18 Å². The molecular formula is C14H18Cl2FNO3. The number of esters is 1. The molecule has 0 saturated heterocycles. The van der Waals surface area contributed by atoms with E-state index < -0.39 is 17.3 Å². The number of rotatable bonds is 7. The zero-order chi connectivity index (χ0) is 16.0. The first-order valence-electron chi connectivity index (χ1n) is 6.43. The van der Waals surface area contributed by atoms with Crippen LogP contribution in [-0.4, -0.2) is 32.8 Å². The minimum atomic E-state index is -1.29. The maximum atomic E-state index is 13.7. The van der Waals surface area contributed by atoms with Gasteiger partial charge < -0.3 is 9.47 Å². The van der Waals surface area contributed by atoms with E-state index in [1.54, 1.807) is 21.0 Å². The van der Waals surface area contributed by atoms with Crippen molar-refractivity contribution in [2.24, 2.45) is 0 Å². The maximum absolute atomic E-state index is 13.7. The van der Waals surface area contributed by atoms with E-state index in [-0.39, 0.29) is 22.2 Å². The van der Waals surface area contributed by atoms with Gasteiger partial charge in [-0.1, -0.05) is 23.2 Å². The lowest BCUT2D eigenvalue weighted by atomic mass is 9.91. The van der Waals surface area contributed by atoms with E-state index in [0.29, 0.717) is 13.2 Å². The number of hydrogen-bond acceptors (Lipinski definition) is 4. The zero-order valence-corrected chi connectivity index (χ0v) is 13.6. The number of carbonyl (C=O) groups excluding carboxylic acids is 1. The predicted octanol–water partition coefficient (Wildman–Crippen LogP) is 3.15. The summed E-state index contributed by atoms with van der Waals surface area (Å²) >= 11 is 11.8. The van der Waals surface area contributed by atoms with Crippen LogP contribution in [0.15, 0.2) is 12.1 Å². The second kappa shape index (κ2) is 7.94. The number of benzene rings is 1. The lowest BCUT2D eigenvalue weighted by molar-refractivity contribution is -0.151. The van der Waals surface area contributed by atoms with Crippen molar-refractivity contribution in [3.05, 3.63) is 33.6 Å². The summed E-state index contributed by atoms with van der Waals surface area (Å²) in [5, 5.41) is 3.07. The third-order valence-corrected chi connectivity index (χ3v) is 3.62. The minimum Gasteiger partial charge on any atom is -0.464 e. The molecule has 1 atom stereocenters. The van der Waals surface area contributed by atoms with E-state index in [2.05, 4.69) is 5.32 Å². The van der Waals surface area contributed by atoms with Crippen LogP contribution in [0.3, 0.4) is 0 Å². The van der Waals surface area contributed by atoms with E-state index in [1.165, 1.54) is 6.07 Å². The quantitative estimate of drug-likeness (QED) is 0.471. The highest BCUT2D eigenvalue weighted by atomic mass is 35.5. The maximum Gasteiger partial charge on any atom is 0.330 e. The van der Waals surface area contributed by atoms with Crippen LogP contribution in [0.4, 0.5) is 4.39 Å². The molecule has 1 unspecified atom stereocenters. The first-order valence-corrected chi connectivity index (χ1v) is 7.18. The van der Waals surface area contributed by atoms with Crippen molar-refractivity contribution >= 4 is 29.2 Å². The number of halogens is 3. The molecule has 0 saturated carbocycles. The summed E-state index contributed by atoms with van der Waals surface area (Å²) in [5.74, 6) is -1.20. The monoisotopic (exact) mass is 337 g/mol. The summed E-state index contributed by atoms with van der Waals surface area (Å²) < 4.78 is 23.7. The fraction of sp³-hybridized carbons (Fsp3) is 0.500. The molecule has 0 heterocycles. The summed E-state index contributed by atoms with van der Waals surface area (Å²) in [6.07, 6.45) is 0. The first-order chi connectivity index (χ1) is 9.86. The van der Waals surface area contributed by atoms with Crippen molar-refractivity contribution in [1.29, 1.82) is 0 Å². The molecule has 7 heteroatoms. The molecule has 0 aromatic heterocycles. The van der Waals surface area contributed by atoms with Gasteiger partial charge in [0, 0.05) is 24.2 Å². The molecular weight excluding hydrogens is 320 g/mol. The third-order valence-electron chi connectivity index (χ3n) is 3.02. The topological polar surface area (TPSA) is 47.6 Å². The van der Waals surface area contributed by atoms with Crippen molar-refractivity contribution in [1.82, 2.24) is 5.32 Å². The number of methoxy groups -OCH3 is 1. The minimum absolute atomic E-state index is 0.105. The Balaban J connectivity index is 3.22. The molecule has 0 spiro atoms. The van der Waals surface area contributed by atoms with Gasteiger partial charge in [-0.15, -0.1) is 0 Å². The number of nitrogens with one attached hydrogen (secondary N) is 1. The molecule has 1 N–H and O–H groups in total. The van der Waals surface area contributed by atoms with E-state index in [1.807, 2.05) is 0 Å². The van der Waals surface area contributed by atoms with E-state index in [0.717, 1.165) is 6.07 Å². The van der Waals surface area contributed by atoms with Gasteiger partial charge in [-0.2, -0.15) is 0 Å². The predicted molar refractivity (Wildman–Crippen MR) is 80.3 cm³/mol. The number of carbonyl (C=O) groups is 1. The Morgan fingerprint density at radius 2 is 2.05 bits per heavy atom. The Bertz CT molecular complexity index is 513. The summed E-state index contributed by atoms with van der Waals surface area (Å²) in [6.45, 7) is 4.22. The second-order valence-corrected chi connectivity index (χ2v) is 5.33. The molecule has 0 aliphatic carbocycles. The van der Waals surface area contributed by atoms with Gasteiger partial charge in [0.25, 0.3) is 0 Å². The van der Waals surface area contributed by atoms with Gasteiger partial charge in [0.1, 0.15) is 11.4 Å². The van der Waals surface area contributed by atoms with Gasteiger partial charge in [-0.3, -0.25) is 5.32 Å². The third kappa shape index (κ3) is 4.30. The molecule has 4 nitrogen and oxygen atoms in total. The molecule has 0 aliphatic heterocycles. The molecule has 1 aromatic carbocycles. The molecule has 0 bridgehead atoms. The second-order valence-electron chi connectivity index (χ2n) is 4.51. The standard InChI is InChI=1S/C14H18Cl2FNO3/c1-4-21-13(19)14(2,18-5-6-20-3)9-7-12(17)11(16)8-10(9)15/h7-8,18H,4-6H2,1-3H3. The van der Waals surface area contributed by atoms with Gasteiger partial charge in [-0.05, 0) is 26.0 Å². The zero-order valence-electron chi connectivity index (χ0n) is 12.1. The highest BCUT2D eigenvalue weighted by molar-refractivity contribution is 6.35. The van der Waals surface area contributed by atoms with E-state index in [4.69, 9.17) is 32.7 Å². The Kier molecular flexibility index (Phi) is 6.87. The molecule has 0 amide bonds. The van der Waals surface area contributed by atoms with Crippen molar-refractivity contribution in [2.75, 3.05) is 26.9 Å². The van der Waals surface area contributed by atoms with E-state index in [9.17, 15) is 9.18 Å². The van der Waals surface area contributed by atoms with Crippen LogP contribution in [0.2, 0.25) is 10.0 Å². The molecule has 1 rings (SSSR count). The lowest BCUT2D eigenvalue weighted by Crippen LogP contribution is -2.49. The summed E-state index contributed by atoms with van der Waals surface area (Å²) in [6, 6.07) is 2.41. The molecule has 0 aliphatic rings. The fourth-order valence-electron chi connectivity index (χ4n) is 1.86. The fourth-order valence-corrected chi connectivity index (χ4v) is 2.43. The summed E-state index contributed by atoms with van der Waals surface area (Å²) in [4.78, 5) is 12.3. The van der Waals surface area contributed by atoms with Crippen molar-refractivity contribution in [3.63, 3.8) is 0 Å². The van der Waals surface area contributed by atoms with Gasteiger partial charge in [0.15, 0.2) is 0 Å². The van der Waals surface area contributed by atoms with Crippen LogP contribution < -0.4 is 5.32 Å². The number of ether oxygens (including phenoxy) is 2. The Morgan fingerprint density at radius 3 is 2.62 bits per heavy atom. The van der Waals surface area contributed by atoms with Crippen LogP contribution in [0.5, 0.6) is 0 Å². The van der Waals surface area contributed by atoms with Gasteiger partial charge in [0.2, 0.25) is 0 Å². The van der Waals surface area contributed by atoms with Crippen molar-refractivity contribution in [2.45, 2.75) is 19.4 Å². The van der Waals surface area contributed by atoms with Crippen LogP contribution in [0.1, 0.15) is 19.4 Å². The Labute approximate surface area is 133 Å². The average Bonchev–Trinajstić information content (AvgIpc) is 2.43. The summed E-state index contributed by atoms with van der Waals surface area (Å²) in [7, 11) is 1.54. The highest BCUT2D eigenvalue weighted by Crippen LogP contribution is 2.33. The van der Waals surface area contributed by atoms with Crippen LogP contribution in [-0.2, 0) is 19.8 Å². The number of hydrogen-bond donors (Lipinski definition) is 1. The summed E-state index contributed by atoms with van der Waals surface area (Å²) in [5.41, 5.74) is -1.03. The molecule has 0 fully saturated rings. The van der Waals surface area contributed by atoms with Crippen LogP contribution >= 0.6 is 23.2 Å². The molecule has 0 radical (unpaired) electrons. The normalized spacial score (nSPS) is 13.8. The molecule has 118 valence electrons. The van der Waals surface area contributed by atoms with E-state index >= 15 is 0 Å². The van der Waals surface area contributed by atoms with Crippen molar-refractivity contribution in [3.8, 4) is 0 Å². The van der Waals surface area contributed by atoms with Gasteiger partial charge >= 0.3 is 5.97 Å². The smallest absolute Gasteiger partial charge is 0.330 e. The van der Waals surface area contributed by atoms with Crippen LogP contribution in [0.25, 0.3) is 0 Å². The van der Waals surface area contributed by atoms with Crippen LogP contribution in [0, 0.1) is 5.82 Å². The largest absolute Gasteiger partial charge is 0.464 e. The SMILES string of the molecule is CCOC(=O)C(C)(NCCOC)c1cc(F)c(Cl)cc1Cl. The van der Waals surface area contributed by atoms with Crippen molar-refractivity contribution < 1.29 is 18.7 Å². The van der Waals surface area contributed by atoms with Gasteiger partial charge in [0.05, 0.1) is 18.2 Å². The lowest BCUT2D eigenvalue weighted by Gasteiger charge is -2.30. The Hall–Kier alpha value is -0.880. The average molecular weight is 338 g/mol. The molecule has 21 heavy (non-hydrogen) atoms. The highest BCUT2D eigenvalue weighted by Gasteiger charge is 2.38.